The maximum Gasteiger partial charge on any atom is 0.295 e. The third kappa shape index (κ3) is 4.04. The molecule has 1 aliphatic heterocycles. The number of nitrogens with zero attached hydrogens (tertiary/aromatic N) is 1. The fourth-order valence-corrected chi connectivity index (χ4v) is 4.84. The third-order valence-corrected chi connectivity index (χ3v) is 6.92. The minimum absolute atomic E-state index is 0.0774. The zero-order valence-electron chi connectivity index (χ0n) is 18.0. The number of aliphatic hydroxyl groups is 1. The number of carbonyl (C=O) groups excluding carboxylic acids is 2. The van der Waals surface area contributed by atoms with Crippen LogP contribution in [0.5, 0.6) is 0 Å². The average Bonchev–Trinajstić information content (AvgIpc) is 3.37. The highest BCUT2D eigenvalue weighted by Gasteiger charge is 2.45. The highest BCUT2D eigenvalue weighted by atomic mass is 79.9. The van der Waals surface area contributed by atoms with Crippen LogP contribution in [0.1, 0.15) is 22.7 Å². The standard InChI is InChI=1S/C27H20BrClN2O3/c28-19-9-5-17(6-10-19)25(32)23-24(16-7-11-20(29)12-8-16)31(27(34)26(23)33)14-13-18-15-30-22-4-2-1-3-21(18)22/h1-12,15,24,30,32H,13-14H2/t24-/m0/s1. The van der Waals surface area contributed by atoms with Gasteiger partial charge in [-0.15, -0.1) is 0 Å². The summed E-state index contributed by atoms with van der Waals surface area (Å²) in [7, 11) is 0. The molecule has 2 N–H and O–H groups in total. The zero-order chi connectivity index (χ0) is 23.8. The van der Waals surface area contributed by atoms with Gasteiger partial charge in [-0.25, -0.2) is 0 Å². The number of aromatic amines is 1. The molecular weight excluding hydrogens is 516 g/mol. The monoisotopic (exact) mass is 534 g/mol. The van der Waals surface area contributed by atoms with Gasteiger partial charge in [0.25, 0.3) is 11.7 Å². The lowest BCUT2D eigenvalue weighted by molar-refractivity contribution is -0.139. The molecule has 0 radical (unpaired) electrons. The topological polar surface area (TPSA) is 73.4 Å². The van der Waals surface area contributed by atoms with E-state index in [1.807, 2.05) is 30.5 Å². The number of rotatable bonds is 5. The van der Waals surface area contributed by atoms with Crippen LogP contribution >= 0.6 is 27.5 Å². The highest BCUT2D eigenvalue weighted by Crippen LogP contribution is 2.40. The Morgan fingerprint density at radius 2 is 1.71 bits per heavy atom. The largest absolute Gasteiger partial charge is 0.507 e. The van der Waals surface area contributed by atoms with E-state index in [2.05, 4.69) is 20.9 Å². The zero-order valence-corrected chi connectivity index (χ0v) is 20.3. The maximum absolute atomic E-state index is 13.2. The summed E-state index contributed by atoms with van der Waals surface area (Å²) in [6.07, 6.45) is 2.49. The summed E-state index contributed by atoms with van der Waals surface area (Å²) >= 11 is 9.47. The number of hydrogen-bond donors (Lipinski definition) is 2. The van der Waals surface area contributed by atoms with E-state index in [0.29, 0.717) is 29.1 Å². The van der Waals surface area contributed by atoms with E-state index < -0.39 is 17.7 Å². The lowest BCUT2D eigenvalue weighted by Crippen LogP contribution is -2.31. The lowest BCUT2D eigenvalue weighted by atomic mass is 9.95. The van der Waals surface area contributed by atoms with Gasteiger partial charge in [-0.3, -0.25) is 9.59 Å². The Balaban J connectivity index is 1.56. The van der Waals surface area contributed by atoms with Crippen LogP contribution in [0.15, 0.2) is 89.0 Å². The molecule has 0 unspecified atom stereocenters. The van der Waals surface area contributed by atoms with Crippen LogP contribution in [-0.4, -0.2) is 33.2 Å². The minimum Gasteiger partial charge on any atom is -0.507 e. The molecule has 0 aliphatic carbocycles. The second kappa shape index (κ2) is 9.12. The van der Waals surface area contributed by atoms with Crippen LogP contribution in [0.2, 0.25) is 5.02 Å². The molecule has 1 fully saturated rings. The van der Waals surface area contributed by atoms with Gasteiger partial charge in [0.1, 0.15) is 5.76 Å². The van der Waals surface area contributed by atoms with Crippen LogP contribution in [0.4, 0.5) is 0 Å². The Labute approximate surface area is 209 Å². The fraction of sp³-hybridized carbons (Fsp3) is 0.111. The summed E-state index contributed by atoms with van der Waals surface area (Å²) in [5.74, 6) is -1.52. The van der Waals surface area contributed by atoms with Crippen LogP contribution in [0.25, 0.3) is 16.7 Å². The summed E-state index contributed by atoms with van der Waals surface area (Å²) in [5, 5.41) is 12.8. The Morgan fingerprint density at radius 3 is 2.44 bits per heavy atom. The van der Waals surface area contributed by atoms with Gasteiger partial charge in [0.15, 0.2) is 0 Å². The maximum atomic E-state index is 13.2. The molecule has 1 aromatic heterocycles. The number of aliphatic hydroxyl groups excluding tert-OH is 1. The van der Waals surface area contributed by atoms with Crippen molar-refractivity contribution < 1.29 is 14.7 Å². The number of halogens is 2. The predicted octanol–water partition coefficient (Wildman–Crippen LogP) is 6.25. The van der Waals surface area contributed by atoms with E-state index in [1.54, 1.807) is 48.5 Å². The number of amides is 1. The van der Waals surface area contributed by atoms with Gasteiger partial charge in [0.2, 0.25) is 0 Å². The summed E-state index contributed by atoms with van der Waals surface area (Å²) in [6, 6.07) is 21.2. The molecule has 4 aromatic rings. The molecule has 1 saturated heterocycles. The SMILES string of the molecule is O=C1C(=O)N(CCc2c[nH]c3ccccc23)[C@@H](c2ccc(Cl)cc2)C1=C(O)c1ccc(Br)cc1. The van der Waals surface area contributed by atoms with E-state index in [4.69, 9.17) is 11.6 Å². The molecular formula is C27H20BrClN2O3. The van der Waals surface area contributed by atoms with Crippen molar-refractivity contribution in [1.29, 1.82) is 0 Å². The first kappa shape index (κ1) is 22.4. The molecule has 2 heterocycles. The van der Waals surface area contributed by atoms with Crippen LogP contribution in [0.3, 0.4) is 0 Å². The number of fused-ring (bicyclic) bond motifs is 1. The summed E-state index contributed by atoms with van der Waals surface area (Å²) in [6.45, 7) is 0.316. The van der Waals surface area contributed by atoms with Gasteiger partial charge < -0.3 is 15.0 Å². The van der Waals surface area contributed by atoms with E-state index >= 15 is 0 Å². The number of para-hydroxylation sites is 1. The van der Waals surface area contributed by atoms with Gasteiger partial charge in [0.05, 0.1) is 11.6 Å². The number of H-pyrrole nitrogens is 1. The number of nitrogens with one attached hydrogen (secondary N) is 1. The molecule has 1 aliphatic rings. The van der Waals surface area contributed by atoms with Crippen molar-refractivity contribution in [3.8, 4) is 0 Å². The van der Waals surface area contributed by atoms with Crippen molar-refractivity contribution in [3.05, 3.63) is 111 Å². The van der Waals surface area contributed by atoms with E-state index in [-0.39, 0.29) is 11.3 Å². The summed E-state index contributed by atoms with van der Waals surface area (Å²) in [5.41, 5.74) is 3.33. The number of ketones is 1. The Morgan fingerprint density at radius 1 is 1.00 bits per heavy atom. The highest BCUT2D eigenvalue weighted by molar-refractivity contribution is 9.10. The van der Waals surface area contributed by atoms with Gasteiger partial charge in [-0.2, -0.15) is 0 Å². The number of benzene rings is 3. The smallest absolute Gasteiger partial charge is 0.295 e. The molecule has 0 saturated carbocycles. The van der Waals surface area contributed by atoms with Crippen LogP contribution in [0, 0.1) is 0 Å². The molecule has 5 nitrogen and oxygen atoms in total. The summed E-state index contributed by atoms with van der Waals surface area (Å²) < 4.78 is 0.845. The molecule has 170 valence electrons. The quantitative estimate of drug-likeness (QED) is 0.180. The Bertz CT molecular complexity index is 1420. The molecule has 1 atom stereocenters. The number of aromatic nitrogens is 1. The molecule has 7 heteroatoms. The first-order chi connectivity index (χ1) is 16.4. The van der Waals surface area contributed by atoms with E-state index in [9.17, 15) is 14.7 Å². The third-order valence-electron chi connectivity index (χ3n) is 6.14. The van der Waals surface area contributed by atoms with Gasteiger partial charge >= 0.3 is 0 Å². The van der Waals surface area contributed by atoms with Crippen molar-refractivity contribution in [2.75, 3.05) is 6.54 Å². The molecule has 5 rings (SSSR count). The van der Waals surface area contributed by atoms with E-state index in [0.717, 1.165) is 20.9 Å². The van der Waals surface area contributed by atoms with Gasteiger partial charge in [-0.1, -0.05) is 70.0 Å². The second-order valence-corrected chi connectivity index (χ2v) is 9.51. The number of carbonyl (C=O) groups is 2. The molecule has 0 bridgehead atoms. The van der Waals surface area contributed by atoms with Crippen molar-refractivity contribution in [2.24, 2.45) is 0 Å². The molecule has 0 spiro atoms. The number of Topliss-reactive ketones (excluding diaryl/α,β-unsaturated/α-hetero) is 1. The van der Waals surface area contributed by atoms with Crippen LogP contribution in [-0.2, 0) is 16.0 Å². The van der Waals surface area contributed by atoms with Gasteiger partial charge in [-0.05, 0) is 47.9 Å². The van der Waals surface area contributed by atoms with Crippen molar-refractivity contribution >= 4 is 55.9 Å². The van der Waals surface area contributed by atoms with Gasteiger partial charge in [0, 0.05) is 38.7 Å². The fourth-order valence-electron chi connectivity index (χ4n) is 4.44. The Kier molecular flexibility index (Phi) is 6.02. The number of hydrogen-bond acceptors (Lipinski definition) is 3. The molecule has 1 amide bonds. The second-order valence-electron chi connectivity index (χ2n) is 8.16. The molecule has 3 aromatic carbocycles. The van der Waals surface area contributed by atoms with Crippen LogP contribution < -0.4 is 0 Å². The lowest BCUT2D eigenvalue weighted by Gasteiger charge is -2.25. The normalized spacial score (nSPS) is 17.6. The van der Waals surface area contributed by atoms with Crippen molar-refractivity contribution in [2.45, 2.75) is 12.5 Å². The van der Waals surface area contributed by atoms with Crippen molar-refractivity contribution in [3.63, 3.8) is 0 Å². The minimum atomic E-state index is -0.717. The summed E-state index contributed by atoms with van der Waals surface area (Å²) in [4.78, 5) is 31.1. The molecule has 34 heavy (non-hydrogen) atoms. The average molecular weight is 536 g/mol. The first-order valence-corrected chi connectivity index (χ1v) is 12.0. The first-order valence-electron chi connectivity index (χ1n) is 10.8. The van der Waals surface area contributed by atoms with Crippen molar-refractivity contribution in [1.82, 2.24) is 9.88 Å². The predicted molar refractivity (Wildman–Crippen MR) is 137 cm³/mol. The van der Waals surface area contributed by atoms with E-state index in [1.165, 1.54) is 4.90 Å². The number of likely N-dealkylation sites (tertiary alicyclic amines) is 1. The Hall–Kier alpha value is -3.35.